The smallest absolute Gasteiger partial charge is 0.277 e. The molecule has 1 fully saturated rings. The summed E-state index contributed by atoms with van der Waals surface area (Å²) in [4.78, 5) is 36.3. The van der Waals surface area contributed by atoms with Crippen LogP contribution in [0.25, 0.3) is 0 Å². The minimum atomic E-state index is -0.553. The predicted molar refractivity (Wildman–Crippen MR) is 69.1 cm³/mol. The van der Waals surface area contributed by atoms with Gasteiger partial charge in [0, 0.05) is 18.7 Å². The van der Waals surface area contributed by atoms with Crippen LogP contribution in [0.3, 0.4) is 0 Å². The molecule has 0 N–H and O–H groups in total. The zero-order valence-corrected chi connectivity index (χ0v) is 10.5. The molecule has 1 aliphatic heterocycles. The van der Waals surface area contributed by atoms with Crippen molar-refractivity contribution in [1.82, 2.24) is 9.91 Å². The van der Waals surface area contributed by atoms with Gasteiger partial charge in [-0.1, -0.05) is 18.2 Å². The Kier molecular flexibility index (Phi) is 4.22. The van der Waals surface area contributed by atoms with E-state index in [1.54, 1.807) is 35.2 Å². The van der Waals surface area contributed by atoms with E-state index in [-0.39, 0.29) is 12.5 Å². The Hall–Kier alpha value is -2.24. The van der Waals surface area contributed by atoms with Gasteiger partial charge in [0.15, 0.2) is 0 Å². The Labute approximate surface area is 110 Å². The second-order valence-electron chi connectivity index (χ2n) is 4.40. The Bertz CT molecular complexity index is 469. The quantitative estimate of drug-likeness (QED) is 0.608. The van der Waals surface area contributed by atoms with Gasteiger partial charge in [-0.25, -0.2) is 0 Å². The van der Waals surface area contributed by atoms with Gasteiger partial charge in [-0.2, -0.15) is 5.01 Å². The van der Waals surface area contributed by atoms with Gasteiger partial charge >= 0.3 is 0 Å². The van der Waals surface area contributed by atoms with Crippen LogP contribution >= 0.6 is 0 Å². The minimum absolute atomic E-state index is 0.235. The molecule has 0 saturated carbocycles. The maximum absolute atomic E-state index is 12.0. The average Bonchev–Trinajstić information content (AvgIpc) is 2.99. The largest absolute Gasteiger partial charge is 0.341 e. The zero-order chi connectivity index (χ0) is 13.7. The second kappa shape index (κ2) is 6.08. The fraction of sp³-hybridized carbons (Fsp3) is 0.385. The number of carbonyl (C=O) groups is 2. The Balaban J connectivity index is 2.01. The average molecular weight is 261 g/mol. The molecular weight excluding hydrogens is 246 g/mol. The molecule has 0 aromatic heterocycles. The molecule has 1 saturated heterocycles. The number of carbonyl (C=O) groups excluding carboxylic acids is 2. The van der Waals surface area contributed by atoms with Crippen molar-refractivity contribution in [3.05, 3.63) is 40.8 Å². The molecule has 6 nitrogen and oxygen atoms in total. The molecule has 1 aliphatic rings. The molecule has 1 aromatic rings. The van der Waals surface area contributed by atoms with E-state index in [0.29, 0.717) is 23.7 Å². The highest BCUT2D eigenvalue weighted by atomic mass is 16.3. The summed E-state index contributed by atoms with van der Waals surface area (Å²) in [7, 11) is 0. The number of hydrogen-bond donors (Lipinski definition) is 0. The van der Waals surface area contributed by atoms with Gasteiger partial charge in [-0.15, -0.1) is 4.91 Å². The van der Waals surface area contributed by atoms with E-state index < -0.39 is 5.91 Å². The lowest BCUT2D eigenvalue weighted by Crippen LogP contribution is -2.39. The van der Waals surface area contributed by atoms with E-state index in [0.717, 1.165) is 12.8 Å². The van der Waals surface area contributed by atoms with Gasteiger partial charge in [0.05, 0.1) is 5.29 Å². The van der Waals surface area contributed by atoms with E-state index in [2.05, 4.69) is 5.29 Å². The molecular formula is C13H15N3O3. The van der Waals surface area contributed by atoms with Crippen LogP contribution < -0.4 is 0 Å². The molecule has 2 rings (SSSR count). The number of nitrogens with zero attached hydrogens (tertiary/aromatic N) is 3. The topological polar surface area (TPSA) is 70.1 Å². The van der Waals surface area contributed by atoms with Crippen LogP contribution in [0.5, 0.6) is 0 Å². The Morgan fingerprint density at radius 2 is 1.79 bits per heavy atom. The first-order valence-corrected chi connectivity index (χ1v) is 6.20. The first-order valence-electron chi connectivity index (χ1n) is 6.20. The first kappa shape index (κ1) is 13.2. The van der Waals surface area contributed by atoms with Gasteiger partial charge in [0.2, 0.25) is 5.91 Å². The van der Waals surface area contributed by atoms with Crippen molar-refractivity contribution in [3.8, 4) is 0 Å². The third-order valence-electron chi connectivity index (χ3n) is 3.10. The molecule has 0 bridgehead atoms. The van der Waals surface area contributed by atoms with Crippen molar-refractivity contribution < 1.29 is 9.59 Å². The molecule has 100 valence electrons. The molecule has 2 amide bonds. The summed E-state index contributed by atoms with van der Waals surface area (Å²) in [5.74, 6) is -0.787. The molecule has 0 spiro atoms. The van der Waals surface area contributed by atoms with Crippen LogP contribution in [-0.2, 0) is 4.79 Å². The highest BCUT2D eigenvalue weighted by Crippen LogP contribution is 2.10. The molecule has 19 heavy (non-hydrogen) atoms. The molecule has 1 aromatic carbocycles. The molecule has 0 atom stereocenters. The lowest BCUT2D eigenvalue weighted by molar-refractivity contribution is -0.130. The second-order valence-corrected chi connectivity index (χ2v) is 4.40. The Morgan fingerprint density at radius 1 is 1.16 bits per heavy atom. The van der Waals surface area contributed by atoms with Crippen LogP contribution in [0.4, 0.5) is 0 Å². The molecule has 0 unspecified atom stereocenters. The van der Waals surface area contributed by atoms with E-state index >= 15 is 0 Å². The maximum atomic E-state index is 12.0. The van der Waals surface area contributed by atoms with Gasteiger partial charge in [0.1, 0.15) is 6.54 Å². The number of nitroso groups, excluding NO2 is 1. The number of benzene rings is 1. The van der Waals surface area contributed by atoms with Crippen molar-refractivity contribution in [2.45, 2.75) is 12.8 Å². The lowest BCUT2D eigenvalue weighted by atomic mass is 10.2. The standard InChI is InChI=1S/C13H15N3O3/c17-12(15-8-4-5-9-15)10-16(14-19)13(18)11-6-2-1-3-7-11/h1-3,6-7H,4-5,8-10H2. The third-order valence-corrected chi connectivity index (χ3v) is 3.10. The van der Waals surface area contributed by atoms with E-state index in [4.69, 9.17) is 0 Å². The van der Waals surface area contributed by atoms with Crippen molar-refractivity contribution in [2.24, 2.45) is 5.29 Å². The third kappa shape index (κ3) is 3.15. The first-order chi connectivity index (χ1) is 9.22. The zero-order valence-electron chi connectivity index (χ0n) is 10.5. The van der Waals surface area contributed by atoms with Crippen LogP contribution in [0.15, 0.2) is 35.6 Å². The van der Waals surface area contributed by atoms with E-state index in [1.165, 1.54) is 0 Å². The van der Waals surface area contributed by atoms with Gasteiger partial charge in [-0.3, -0.25) is 9.59 Å². The fourth-order valence-corrected chi connectivity index (χ4v) is 2.06. The van der Waals surface area contributed by atoms with Crippen molar-refractivity contribution in [2.75, 3.05) is 19.6 Å². The van der Waals surface area contributed by atoms with Crippen LogP contribution in [-0.4, -0.2) is 41.4 Å². The van der Waals surface area contributed by atoms with Crippen molar-refractivity contribution in [3.63, 3.8) is 0 Å². The highest BCUT2D eigenvalue weighted by molar-refractivity contribution is 5.96. The summed E-state index contributed by atoms with van der Waals surface area (Å²) in [5.41, 5.74) is 0.344. The summed E-state index contributed by atoms with van der Waals surface area (Å²) >= 11 is 0. The van der Waals surface area contributed by atoms with Gasteiger partial charge < -0.3 is 4.90 Å². The lowest BCUT2D eigenvalue weighted by Gasteiger charge is -2.18. The summed E-state index contributed by atoms with van der Waals surface area (Å²) in [6.45, 7) is 1.08. The number of likely N-dealkylation sites (tertiary alicyclic amines) is 1. The van der Waals surface area contributed by atoms with E-state index in [9.17, 15) is 14.5 Å². The minimum Gasteiger partial charge on any atom is -0.341 e. The monoisotopic (exact) mass is 261 g/mol. The molecule has 0 aliphatic carbocycles. The molecule has 6 heteroatoms. The summed E-state index contributed by atoms with van der Waals surface area (Å²) in [6.07, 6.45) is 1.93. The van der Waals surface area contributed by atoms with Gasteiger partial charge in [0.25, 0.3) is 5.91 Å². The van der Waals surface area contributed by atoms with Crippen LogP contribution in [0, 0.1) is 4.91 Å². The summed E-state index contributed by atoms with van der Waals surface area (Å²) in [5, 5.41) is 3.34. The predicted octanol–water partition coefficient (Wildman–Crippen LogP) is 1.43. The highest BCUT2D eigenvalue weighted by Gasteiger charge is 2.24. The summed E-state index contributed by atoms with van der Waals surface area (Å²) in [6, 6.07) is 8.32. The van der Waals surface area contributed by atoms with Crippen LogP contribution in [0.2, 0.25) is 0 Å². The molecule has 0 radical (unpaired) electrons. The Morgan fingerprint density at radius 3 is 2.37 bits per heavy atom. The summed E-state index contributed by atoms with van der Waals surface area (Å²) < 4.78 is 0. The number of rotatable bonds is 4. The number of amides is 2. The van der Waals surface area contributed by atoms with Crippen molar-refractivity contribution in [1.29, 1.82) is 0 Å². The maximum Gasteiger partial charge on any atom is 0.277 e. The van der Waals surface area contributed by atoms with Crippen LogP contribution in [0.1, 0.15) is 23.2 Å². The van der Waals surface area contributed by atoms with Gasteiger partial charge in [-0.05, 0) is 25.0 Å². The van der Waals surface area contributed by atoms with E-state index in [1.807, 2.05) is 0 Å². The molecule has 1 heterocycles. The SMILES string of the molecule is O=NN(CC(=O)N1CCCC1)C(=O)c1ccccc1. The number of hydrogen-bond acceptors (Lipinski definition) is 4. The normalized spacial score (nSPS) is 14.2. The van der Waals surface area contributed by atoms with Crippen molar-refractivity contribution >= 4 is 11.8 Å². The fourth-order valence-electron chi connectivity index (χ4n) is 2.06.